The quantitative estimate of drug-likeness (QED) is 0.544. The van der Waals surface area contributed by atoms with Gasteiger partial charge < -0.3 is 19.4 Å². The first-order valence-corrected chi connectivity index (χ1v) is 6.33. The number of carboxylic acids is 1. The molecule has 0 aliphatic heterocycles. The Morgan fingerprint density at radius 3 is 2.62 bits per heavy atom. The van der Waals surface area contributed by atoms with Crippen molar-refractivity contribution in [2.45, 2.75) is 19.8 Å². The number of aromatic nitrogens is 1. The van der Waals surface area contributed by atoms with E-state index in [0.29, 0.717) is 6.42 Å². The number of aliphatic carboxylic acids is 1. The van der Waals surface area contributed by atoms with Gasteiger partial charge in [0.25, 0.3) is 0 Å². The lowest BCUT2D eigenvalue weighted by molar-refractivity contribution is -0.139. The molecule has 1 heterocycles. The Labute approximate surface area is 120 Å². The normalized spacial score (nSPS) is 10.0. The van der Waals surface area contributed by atoms with E-state index < -0.39 is 24.1 Å². The molecule has 8 nitrogen and oxygen atoms in total. The van der Waals surface area contributed by atoms with Gasteiger partial charge in [-0.3, -0.25) is 4.79 Å². The van der Waals surface area contributed by atoms with Crippen LogP contribution in [0.25, 0.3) is 0 Å². The van der Waals surface area contributed by atoms with Crippen LogP contribution in [0.3, 0.4) is 0 Å². The molecule has 0 bridgehead atoms. The summed E-state index contributed by atoms with van der Waals surface area (Å²) in [5, 5.41) is 8.55. The number of rotatable bonds is 8. The molecule has 8 heteroatoms. The number of unbranched alkanes of at least 4 members (excludes halogenated alkanes) is 1. The molecule has 1 aromatic rings. The zero-order valence-electron chi connectivity index (χ0n) is 11.8. The smallest absolute Gasteiger partial charge is 0.358 e. The van der Waals surface area contributed by atoms with Gasteiger partial charge in [0, 0.05) is 0 Å². The summed E-state index contributed by atoms with van der Waals surface area (Å²) in [4.78, 5) is 39.4. The van der Waals surface area contributed by atoms with Crippen molar-refractivity contribution in [1.82, 2.24) is 4.73 Å². The third-order valence-electron chi connectivity index (χ3n) is 2.47. The molecule has 0 aliphatic carbocycles. The zero-order valence-corrected chi connectivity index (χ0v) is 11.8. The summed E-state index contributed by atoms with van der Waals surface area (Å²) in [6, 6.07) is 2.48. The molecule has 0 aliphatic rings. The topological polar surface area (TPSA) is 104 Å². The summed E-state index contributed by atoms with van der Waals surface area (Å²) in [5.41, 5.74) is -0.850. The molecular weight excluding hydrogens is 282 g/mol. The highest BCUT2D eigenvalue weighted by atomic mass is 16.7. The highest BCUT2D eigenvalue weighted by molar-refractivity contribution is 5.87. The first-order valence-electron chi connectivity index (χ1n) is 6.33. The van der Waals surface area contributed by atoms with Crippen molar-refractivity contribution in [3.05, 3.63) is 28.2 Å². The summed E-state index contributed by atoms with van der Waals surface area (Å²) in [5.74, 6) is -2.18. The van der Waals surface area contributed by atoms with E-state index in [4.69, 9.17) is 14.7 Å². The highest BCUT2D eigenvalue weighted by Crippen LogP contribution is 2.07. The van der Waals surface area contributed by atoms with Crippen molar-refractivity contribution >= 4 is 11.9 Å². The van der Waals surface area contributed by atoms with Gasteiger partial charge in [-0.05, 0) is 18.6 Å². The van der Waals surface area contributed by atoms with E-state index in [9.17, 15) is 14.4 Å². The average molecular weight is 299 g/mol. The molecule has 0 radical (unpaired) electrons. The van der Waals surface area contributed by atoms with Gasteiger partial charge in [-0.25, -0.2) is 9.59 Å². The van der Waals surface area contributed by atoms with E-state index in [0.717, 1.165) is 11.2 Å². The Kier molecular flexibility index (Phi) is 6.25. The molecule has 1 rings (SSSR count). The van der Waals surface area contributed by atoms with Gasteiger partial charge >= 0.3 is 17.5 Å². The molecule has 116 valence electrons. The van der Waals surface area contributed by atoms with E-state index in [2.05, 4.69) is 4.74 Å². The molecule has 0 fully saturated rings. The minimum Gasteiger partial charge on any atom is -0.479 e. The van der Waals surface area contributed by atoms with E-state index in [-0.39, 0.29) is 18.1 Å². The maximum Gasteiger partial charge on any atom is 0.358 e. The summed E-state index contributed by atoms with van der Waals surface area (Å²) in [6.07, 6.45) is 1.53. The maximum absolute atomic E-state index is 12.1. The first kappa shape index (κ1) is 16.5. The van der Waals surface area contributed by atoms with Crippen molar-refractivity contribution in [2.24, 2.45) is 0 Å². The number of hydrogen-bond acceptors (Lipinski definition) is 6. The standard InChI is InChI=1S/C13H17NO7/c1-3-4-7-21-14-9(13(18)19-2)5-6-10(12(14)17)20-8-11(15)16/h5-6H,3-4,7-8H2,1-2H3,(H,15,16). The number of esters is 1. The second kappa shape index (κ2) is 7.93. The lowest BCUT2D eigenvalue weighted by atomic mass is 10.3. The van der Waals surface area contributed by atoms with Crippen LogP contribution >= 0.6 is 0 Å². The zero-order chi connectivity index (χ0) is 15.8. The Morgan fingerprint density at radius 1 is 1.33 bits per heavy atom. The van der Waals surface area contributed by atoms with Crippen LogP contribution in [-0.2, 0) is 9.53 Å². The summed E-state index contributed by atoms with van der Waals surface area (Å²) in [6.45, 7) is 1.50. The molecular formula is C13H17NO7. The fraction of sp³-hybridized carbons (Fsp3) is 0.462. The van der Waals surface area contributed by atoms with Crippen molar-refractivity contribution < 1.29 is 29.0 Å². The lowest BCUT2D eigenvalue weighted by Crippen LogP contribution is -2.33. The monoisotopic (exact) mass is 299 g/mol. The van der Waals surface area contributed by atoms with Crippen LogP contribution in [0.4, 0.5) is 0 Å². The molecule has 0 aromatic carbocycles. The van der Waals surface area contributed by atoms with Crippen LogP contribution < -0.4 is 15.1 Å². The van der Waals surface area contributed by atoms with E-state index in [1.807, 2.05) is 6.92 Å². The molecule has 1 N–H and O–H groups in total. The minimum atomic E-state index is -1.22. The number of methoxy groups -OCH3 is 1. The van der Waals surface area contributed by atoms with Gasteiger partial charge in [-0.1, -0.05) is 13.3 Å². The third kappa shape index (κ3) is 4.51. The largest absolute Gasteiger partial charge is 0.479 e. The Balaban J connectivity index is 3.11. The predicted molar refractivity (Wildman–Crippen MR) is 71.5 cm³/mol. The summed E-state index contributed by atoms with van der Waals surface area (Å²) >= 11 is 0. The van der Waals surface area contributed by atoms with Crippen LogP contribution in [-0.4, -0.2) is 42.1 Å². The third-order valence-corrected chi connectivity index (χ3v) is 2.47. The van der Waals surface area contributed by atoms with Gasteiger partial charge in [0.2, 0.25) is 0 Å². The Bertz CT molecular complexity index is 564. The van der Waals surface area contributed by atoms with Crippen LogP contribution in [0.1, 0.15) is 30.3 Å². The number of hydrogen-bond donors (Lipinski definition) is 1. The van der Waals surface area contributed by atoms with Crippen molar-refractivity contribution in [2.75, 3.05) is 20.3 Å². The molecule has 0 atom stereocenters. The summed E-state index contributed by atoms with van der Waals surface area (Å²) in [7, 11) is 1.18. The van der Waals surface area contributed by atoms with E-state index >= 15 is 0 Å². The fourth-order valence-corrected chi connectivity index (χ4v) is 1.44. The number of carboxylic acid groups (broad SMARTS) is 1. The van der Waals surface area contributed by atoms with Gasteiger partial charge in [0.1, 0.15) is 6.61 Å². The van der Waals surface area contributed by atoms with Crippen LogP contribution in [0.15, 0.2) is 16.9 Å². The average Bonchev–Trinajstić information content (AvgIpc) is 2.46. The number of carbonyl (C=O) groups is 2. The van der Waals surface area contributed by atoms with Crippen molar-refractivity contribution in [1.29, 1.82) is 0 Å². The van der Waals surface area contributed by atoms with Crippen LogP contribution in [0.5, 0.6) is 5.75 Å². The lowest BCUT2D eigenvalue weighted by Gasteiger charge is -2.13. The molecule has 0 unspecified atom stereocenters. The van der Waals surface area contributed by atoms with E-state index in [1.165, 1.54) is 19.2 Å². The molecule has 21 heavy (non-hydrogen) atoms. The number of nitrogens with zero attached hydrogens (tertiary/aromatic N) is 1. The maximum atomic E-state index is 12.1. The minimum absolute atomic E-state index is 0.0960. The molecule has 1 aromatic heterocycles. The van der Waals surface area contributed by atoms with Crippen LogP contribution in [0.2, 0.25) is 0 Å². The molecule has 0 saturated heterocycles. The highest BCUT2D eigenvalue weighted by Gasteiger charge is 2.18. The van der Waals surface area contributed by atoms with Gasteiger partial charge in [0.15, 0.2) is 18.1 Å². The SMILES string of the molecule is CCCCOn1c(C(=O)OC)ccc(OCC(=O)O)c1=O. The number of ether oxygens (including phenoxy) is 2. The van der Waals surface area contributed by atoms with Crippen molar-refractivity contribution in [3.8, 4) is 5.75 Å². The van der Waals surface area contributed by atoms with Gasteiger partial charge in [-0.15, -0.1) is 4.73 Å². The number of pyridine rings is 1. The Morgan fingerprint density at radius 2 is 2.05 bits per heavy atom. The molecule has 0 amide bonds. The van der Waals surface area contributed by atoms with Gasteiger partial charge in [-0.2, -0.15) is 0 Å². The van der Waals surface area contributed by atoms with Gasteiger partial charge in [0.05, 0.1) is 7.11 Å². The number of carbonyl (C=O) groups excluding carboxylic acids is 1. The molecule has 0 saturated carbocycles. The first-order chi connectivity index (χ1) is 10.0. The second-order valence-corrected chi connectivity index (χ2v) is 4.04. The second-order valence-electron chi connectivity index (χ2n) is 4.04. The summed E-state index contributed by atoms with van der Waals surface area (Å²) < 4.78 is 10.2. The molecule has 0 spiro atoms. The predicted octanol–water partition coefficient (Wildman–Crippen LogP) is 0.327. The van der Waals surface area contributed by atoms with E-state index in [1.54, 1.807) is 0 Å². The van der Waals surface area contributed by atoms with Crippen LogP contribution in [0, 0.1) is 0 Å². The van der Waals surface area contributed by atoms with Crippen molar-refractivity contribution in [3.63, 3.8) is 0 Å². The Hall–Kier alpha value is -2.51. The fourth-order valence-electron chi connectivity index (χ4n) is 1.44.